The van der Waals surface area contributed by atoms with E-state index < -0.39 is 5.66 Å². The highest BCUT2D eigenvalue weighted by Crippen LogP contribution is 2.31. The molecule has 1 aliphatic heterocycles. The van der Waals surface area contributed by atoms with Crippen LogP contribution in [-0.2, 0) is 5.66 Å². The molecule has 1 unspecified atom stereocenters. The maximum absolute atomic E-state index is 6.53. The Bertz CT molecular complexity index is 854. The third-order valence-corrected chi connectivity index (χ3v) is 3.85. The van der Waals surface area contributed by atoms with E-state index in [-0.39, 0.29) is 0 Å². The zero-order chi connectivity index (χ0) is 14.3. The van der Waals surface area contributed by atoms with E-state index in [4.69, 9.17) is 10.7 Å². The Morgan fingerprint density at radius 3 is 2.67 bits per heavy atom. The van der Waals surface area contributed by atoms with E-state index in [9.17, 15) is 0 Å². The Morgan fingerprint density at radius 2 is 1.71 bits per heavy atom. The molecular formula is C18H15N3. The summed E-state index contributed by atoms with van der Waals surface area (Å²) in [4.78, 5) is 4.70. The molecule has 0 bridgehead atoms. The maximum atomic E-state index is 6.53. The van der Waals surface area contributed by atoms with Gasteiger partial charge in [-0.3, -0.25) is 0 Å². The van der Waals surface area contributed by atoms with Crippen molar-refractivity contribution in [3.05, 3.63) is 78.0 Å². The molecule has 2 heterocycles. The molecule has 0 fully saturated rings. The summed E-state index contributed by atoms with van der Waals surface area (Å²) in [6.45, 7) is 0. The minimum atomic E-state index is -0.779. The number of para-hydroxylation sites is 2. The highest BCUT2D eigenvalue weighted by Gasteiger charge is 2.29. The number of fused-ring (bicyclic) bond motifs is 2. The molecule has 0 spiro atoms. The van der Waals surface area contributed by atoms with Crippen LogP contribution in [0, 0.1) is 0 Å². The van der Waals surface area contributed by atoms with Crippen molar-refractivity contribution in [3.63, 3.8) is 0 Å². The van der Waals surface area contributed by atoms with Crippen LogP contribution >= 0.6 is 0 Å². The Labute approximate surface area is 123 Å². The zero-order valence-corrected chi connectivity index (χ0v) is 11.5. The van der Waals surface area contributed by atoms with Crippen molar-refractivity contribution in [3.8, 4) is 0 Å². The molecular weight excluding hydrogens is 258 g/mol. The van der Waals surface area contributed by atoms with Crippen LogP contribution in [0.4, 0.5) is 5.69 Å². The molecule has 0 amide bonds. The minimum Gasteiger partial charge on any atom is -0.359 e. The molecule has 1 aromatic heterocycles. The number of rotatable bonds is 1. The summed E-state index contributed by atoms with van der Waals surface area (Å²) >= 11 is 0. The molecule has 2 aromatic carbocycles. The van der Waals surface area contributed by atoms with E-state index in [0.717, 1.165) is 27.8 Å². The van der Waals surface area contributed by atoms with E-state index >= 15 is 0 Å². The fraction of sp³-hybridized carbons (Fsp3) is 0.0556. The van der Waals surface area contributed by atoms with Gasteiger partial charge in [-0.05, 0) is 29.8 Å². The van der Waals surface area contributed by atoms with Crippen LogP contribution in [-0.4, -0.2) is 4.98 Å². The predicted octanol–water partition coefficient (Wildman–Crippen LogP) is 3.49. The minimum absolute atomic E-state index is 0.779. The topological polar surface area (TPSA) is 50.9 Å². The number of hydrogen-bond donors (Lipinski definition) is 2. The van der Waals surface area contributed by atoms with Crippen LogP contribution in [0.25, 0.3) is 17.0 Å². The van der Waals surface area contributed by atoms with Gasteiger partial charge in [0.15, 0.2) is 0 Å². The third kappa shape index (κ3) is 1.99. The highest BCUT2D eigenvalue weighted by molar-refractivity contribution is 5.79. The van der Waals surface area contributed by atoms with Crippen LogP contribution in [0.3, 0.4) is 0 Å². The van der Waals surface area contributed by atoms with E-state index in [1.54, 1.807) is 0 Å². The van der Waals surface area contributed by atoms with Gasteiger partial charge in [0.1, 0.15) is 5.66 Å². The number of hydrogen-bond acceptors (Lipinski definition) is 3. The smallest absolute Gasteiger partial charge is 0.149 e. The first-order chi connectivity index (χ1) is 10.2. The fourth-order valence-corrected chi connectivity index (χ4v) is 2.69. The van der Waals surface area contributed by atoms with Crippen LogP contribution in [0.15, 0.2) is 66.7 Å². The van der Waals surface area contributed by atoms with Crippen molar-refractivity contribution >= 4 is 22.7 Å². The molecule has 1 aliphatic rings. The molecule has 4 rings (SSSR count). The van der Waals surface area contributed by atoms with Crippen LogP contribution in [0.5, 0.6) is 0 Å². The summed E-state index contributed by atoms with van der Waals surface area (Å²) in [6.07, 6.45) is 4.01. The number of pyridine rings is 1. The van der Waals surface area contributed by atoms with E-state index in [0.29, 0.717) is 0 Å². The summed E-state index contributed by atoms with van der Waals surface area (Å²) in [5.74, 6) is 0. The van der Waals surface area contributed by atoms with Gasteiger partial charge < -0.3 is 11.1 Å². The van der Waals surface area contributed by atoms with Gasteiger partial charge in [-0.2, -0.15) is 0 Å². The van der Waals surface area contributed by atoms with Crippen LogP contribution in [0.1, 0.15) is 11.3 Å². The number of nitrogens with one attached hydrogen (secondary N) is 1. The summed E-state index contributed by atoms with van der Waals surface area (Å²) in [5, 5.41) is 4.50. The number of nitrogens with zero attached hydrogens (tertiary/aromatic N) is 1. The monoisotopic (exact) mass is 273 g/mol. The average molecular weight is 273 g/mol. The SMILES string of the molecule is NC1(c2ccc3ccccc3n2)C=Cc2ccccc2N1. The van der Waals surface area contributed by atoms with Gasteiger partial charge in [0.05, 0.1) is 11.2 Å². The van der Waals surface area contributed by atoms with Gasteiger partial charge in [-0.15, -0.1) is 0 Å². The Morgan fingerprint density at radius 1 is 0.905 bits per heavy atom. The van der Waals surface area contributed by atoms with Crippen molar-refractivity contribution < 1.29 is 0 Å². The zero-order valence-electron chi connectivity index (χ0n) is 11.5. The van der Waals surface area contributed by atoms with Crippen LogP contribution in [0.2, 0.25) is 0 Å². The van der Waals surface area contributed by atoms with E-state index in [2.05, 4.69) is 23.5 Å². The molecule has 3 N–H and O–H groups in total. The summed E-state index contributed by atoms with van der Waals surface area (Å²) in [5.41, 5.74) is 9.67. The molecule has 102 valence electrons. The largest absolute Gasteiger partial charge is 0.359 e. The molecule has 21 heavy (non-hydrogen) atoms. The number of aromatic nitrogens is 1. The van der Waals surface area contributed by atoms with Crippen molar-refractivity contribution in [2.45, 2.75) is 5.66 Å². The van der Waals surface area contributed by atoms with Crippen molar-refractivity contribution in [1.82, 2.24) is 4.98 Å². The Balaban J connectivity index is 1.81. The fourth-order valence-electron chi connectivity index (χ4n) is 2.69. The standard InChI is InChI=1S/C18H15N3/c19-18(12-11-14-6-2-4-8-16(14)21-18)17-10-9-13-5-1-3-7-15(13)20-17/h1-12,21H,19H2. The van der Waals surface area contributed by atoms with Gasteiger partial charge >= 0.3 is 0 Å². The quantitative estimate of drug-likeness (QED) is 0.713. The lowest BCUT2D eigenvalue weighted by atomic mass is 9.97. The number of benzene rings is 2. The molecule has 1 atom stereocenters. The summed E-state index contributed by atoms with van der Waals surface area (Å²) in [7, 11) is 0. The van der Waals surface area contributed by atoms with Crippen molar-refractivity contribution in [1.29, 1.82) is 0 Å². The van der Waals surface area contributed by atoms with Gasteiger partial charge in [-0.25, -0.2) is 4.98 Å². The Hall–Kier alpha value is -2.65. The van der Waals surface area contributed by atoms with Crippen molar-refractivity contribution in [2.75, 3.05) is 5.32 Å². The molecule has 0 aliphatic carbocycles. The van der Waals surface area contributed by atoms with E-state index in [1.807, 2.05) is 54.6 Å². The molecule has 0 saturated heterocycles. The summed E-state index contributed by atoms with van der Waals surface area (Å²) in [6, 6.07) is 20.2. The summed E-state index contributed by atoms with van der Waals surface area (Å²) < 4.78 is 0. The second-order valence-electron chi connectivity index (χ2n) is 5.30. The third-order valence-electron chi connectivity index (χ3n) is 3.85. The second kappa shape index (κ2) is 4.43. The molecule has 0 radical (unpaired) electrons. The average Bonchev–Trinajstić information content (AvgIpc) is 2.54. The lowest BCUT2D eigenvalue weighted by Gasteiger charge is -2.32. The van der Waals surface area contributed by atoms with Crippen molar-refractivity contribution in [2.24, 2.45) is 5.73 Å². The first-order valence-corrected chi connectivity index (χ1v) is 6.96. The molecule has 3 heteroatoms. The lowest BCUT2D eigenvalue weighted by molar-refractivity contribution is 0.627. The van der Waals surface area contributed by atoms with Crippen LogP contribution < -0.4 is 11.1 Å². The maximum Gasteiger partial charge on any atom is 0.149 e. The molecule has 3 aromatic rings. The first-order valence-electron chi connectivity index (χ1n) is 6.96. The van der Waals surface area contributed by atoms with Gasteiger partial charge in [0, 0.05) is 11.1 Å². The van der Waals surface area contributed by atoms with Gasteiger partial charge in [0.25, 0.3) is 0 Å². The molecule has 0 saturated carbocycles. The normalized spacial score (nSPS) is 20.0. The number of nitrogens with two attached hydrogens (primary N) is 1. The lowest BCUT2D eigenvalue weighted by Crippen LogP contribution is -2.44. The second-order valence-corrected chi connectivity index (χ2v) is 5.30. The predicted molar refractivity (Wildman–Crippen MR) is 86.7 cm³/mol. The van der Waals surface area contributed by atoms with Gasteiger partial charge in [0.2, 0.25) is 0 Å². The van der Waals surface area contributed by atoms with Gasteiger partial charge in [-0.1, -0.05) is 48.5 Å². The van der Waals surface area contributed by atoms with E-state index in [1.165, 1.54) is 0 Å². The molecule has 3 nitrogen and oxygen atoms in total. The first kappa shape index (κ1) is 12.1. The number of anilines is 1. The highest BCUT2D eigenvalue weighted by atomic mass is 15.1. The Kier molecular flexibility index (Phi) is 2.56.